The van der Waals surface area contributed by atoms with Gasteiger partial charge in [-0.2, -0.15) is 0 Å². The lowest BCUT2D eigenvalue weighted by Gasteiger charge is -2.26. The predicted molar refractivity (Wildman–Crippen MR) is 75.5 cm³/mol. The summed E-state index contributed by atoms with van der Waals surface area (Å²) in [5, 5.41) is 1.76. The Labute approximate surface area is 119 Å². The molecule has 0 aliphatic carbocycles. The van der Waals surface area contributed by atoms with Crippen molar-refractivity contribution in [2.45, 2.75) is 6.92 Å². The van der Waals surface area contributed by atoms with Gasteiger partial charge in [0.15, 0.2) is 0 Å². The summed E-state index contributed by atoms with van der Waals surface area (Å²) in [6.07, 6.45) is 0. The summed E-state index contributed by atoms with van der Waals surface area (Å²) in [4.78, 5) is 0. The molecule has 2 aliphatic rings. The number of ether oxygens (including phenoxy) is 1. The van der Waals surface area contributed by atoms with Crippen molar-refractivity contribution in [3.05, 3.63) is 53.3 Å². The fraction of sp³-hybridized carbons (Fsp3) is 0.133. The highest BCUT2D eigenvalue weighted by molar-refractivity contribution is 6.51. The average molecular weight is 288 g/mol. The smallest absolute Gasteiger partial charge is 0.572 e. The molecule has 2 aromatic carbocycles. The molecule has 0 fully saturated rings. The van der Waals surface area contributed by atoms with E-state index in [0.29, 0.717) is 16.9 Å². The zero-order valence-corrected chi connectivity index (χ0v) is 11.2. The first kappa shape index (κ1) is 12.4. The van der Waals surface area contributed by atoms with Crippen LogP contribution in [0.4, 0.5) is 8.63 Å². The molecule has 2 aliphatic heterocycles. The third-order valence-electron chi connectivity index (χ3n) is 3.76. The molecule has 0 radical (unpaired) electrons. The van der Waals surface area contributed by atoms with Crippen LogP contribution in [-0.2, 0) is 4.65 Å². The number of hydrogen-bond acceptors (Lipinski definition) is 2. The monoisotopic (exact) mass is 288 g/mol. The van der Waals surface area contributed by atoms with Crippen LogP contribution in [0.2, 0.25) is 0 Å². The fourth-order valence-corrected chi connectivity index (χ4v) is 2.80. The number of rotatable bonds is 0. The van der Waals surface area contributed by atoms with Gasteiger partial charge in [-0.15, -0.1) is 0 Å². The molecule has 6 heteroatoms. The van der Waals surface area contributed by atoms with E-state index >= 15 is 0 Å². The molecular weight excluding hydrogens is 277 g/mol. The SMILES string of the molecule is CC1=C2COc3ccc4ccccc4c3C2=[O+][B-](F)(F)O1. The van der Waals surface area contributed by atoms with Crippen LogP contribution in [-0.4, -0.2) is 19.5 Å². The van der Waals surface area contributed by atoms with Crippen molar-refractivity contribution in [3.8, 4) is 5.75 Å². The lowest BCUT2D eigenvalue weighted by molar-refractivity contribution is -0.191. The third kappa shape index (κ3) is 1.82. The van der Waals surface area contributed by atoms with Gasteiger partial charge in [-0.05, 0) is 18.4 Å². The molecule has 4 rings (SSSR count). The van der Waals surface area contributed by atoms with E-state index in [-0.39, 0.29) is 18.1 Å². The number of fused-ring (bicyclic) bond motifs is 5. The van der Waals surface area contributed by atoms with E-state index in [4.69, 9.17) is 9.08 Å². The summed E-state index contributed by atoms with van der Waals surface area (Å²) in [7, 11) is -4.34. The molecular formula is C15H11BF2O3. The predicted octanol–water partition coefficient (Wildman–Crippen LogP) is 3.63. The van der Waals surface area contributed by atoms with Gasteiger partial charge in [0.25, 0.3) is 0 Å². The highest BCUT2D eigenvalue weighted by atomic mass is 19.3. The van der Waals surface area contributed by atoms with Gasteiger partial charge in [-0.3, -0.25) is 0 Å². The van der Waals surface area contributed by atoms with E-state index in [2.05, 4.69) is 4.65 Å². The number of allylic oxidation sites excluding steroid dienone is 1. The second-order valence-electron chi connectivity index (χ2n) is 5.08. The molecule has 0 spiro atoms. The maximum absolute atomic E-state index is 13.6. The minimum absolute atomic E-state index is 0.153. The van der Waals surface area contributed by atoms with Crippen LogP contribution in [0.3, 0.4) is 0 Å². The van der Waals surface area contributed by atoms with E-state index in [1.54, 1.807) is 6.07 Å². The number of carbonyl (C=O) groups excluding carboxylic acids is 1. The lowest BCUT2D eigenvalue weighted by atomic mass is 9.92. The van der Waals surface area contributed by atoms with Crippen LogP contribution in [0, 0.1) is 0 Å². The van der Waals surface area contributed by atoms with Gasteiger partial charge in [0, 0.05) is 5.39 Å². The molecule has 0 N–H and O–H groups in total. The Morgan fingerprint density at radius 2 is 1.95 bits per heavy atom. The van der Waals surface area contributed by atoms with E-state index in [1.165, 1.54) is 6.92 Å². The first-order valence-electron chi connectivity index (χ1n) is 6.65. The molecule has 106 valence electrons. The van der Waals surface area contributed by atoms with Gasteiger partial charge in [0.2, 0.25) is 0 Å². The zero-order valence-electron chi connectivity index (χ0n) is 11.2. The van der Waals surface area contributed by atoms with Crippen molar-refractivity contribution in [2.24, 2.45) is 0 Å². The highest BCUT2D eigenvalue weighted by Gasteiger charge is 2.55. The van der Waals surface area contributed by atoms with Crippen LogP contribution < -0.4 is 4.74 Å². The van der Waals surface area contributed by atoms with Gasteiger partial charge in [0.1, 0.15) is 23.5 Å². The van der Waals surface area contributed by atoms with E-state index in [0.717, 1.165) is 10.8 Å². The van der Waals surface area contributed by atoms with Crippen molar-refractivity contribution in [2.75, 3.05) is 6.61 Å². The van der Waals surface area contributed by atoms with E-state index in [9.17, 15) is 8.63 Å². The molecule has 0 amide bonds. The molecule has 21 heavy (non-hydrogen) atoms. The normalized spacial score (nSPS) is 19.3. The topological polar surface area (TPSA) is 29.8 Å². The molecule has 2 aromatic rings. The zero-order chi connectivity index (χ0) is 14.6. The van der Waals surface area contributed by atoms with Gasteiger partial charge in [0.05, 0.1) is 5.76 Å². The highest BCUT2D eigenvalue weighted by Crippen LogP contribution is 2.38. The lowest BCUT2D eigenvalue weighted by Crippen LogP contribution is -2.36. The van der Waals surface area contributed by atoms with Crippen LogP contribution in [0.5, 0.6) is 5.75 Å². The summed E-state index contributed by atoms with van der Waals surface area (Å²) in [5.41, 5.74) is 1.10. The van der Waals surface area contributed by atoms with Crippen LogP contribution in [0.15, 0.2) is 47.7 Å². The molecule has 3 nitrogen and oxygen atoms in total. The molecule has 0 bridgehead atoms. The Balaban J connectivity index is 2.07. The van der Waals surface area contributed by atoms with Crippen LogP contribution >= 0.6 is 0 Å². The van der Waals surface area contributed by atoms with Gasteiger partial charge >= 0.3 is 12.9 Å². The maximum atomic E-state index is 13.6. The molecule has 0 saturated heterocycles. The van der Waals surface area contributed by atoms with Crippen molar-refractivity contribution < 1.29 is 22.4 Å². The Morgan fingerprint density at radius 3 is 2.81 bits per heavy atom. The van der Waals surface area contributed by atoms with E-state index < -0.39 is 7.11 Å². The molecule has 0 atom stereocenters. The van der Waals surface area contributed by atoms with Crippen LogP contribution in [0.25, 0.3) is 10.8 Å². The quantitative estimate of drug-likeness (QED) is 0.547. The second kappa shape index (κ2) is 4.07. The Kier molecular flexibility index (Phi) is 2.40. The first-order valence-corrected chi connectivity index (χ1v) is 6.65. The molecule has 0 saturated carbocycles. The number of benzene rings is 2. The van der Waals surface area contributed by atoms with Gasteiger partial charge in [-0.1, -0.05) is 30.3 Å². The minimum atomic E-state index is -4.34. The summed E-state index contributed by atoms with van der Waals surface area (Å²) >= 11 is 0. The number of ketones is 1. The van der Waals surface area contributed by atoms with Crippen molar-refractivity contribution in [3.63, 3.8) is 0 Å². The molecule has 2 heterocycles. The van der Waals surface area contributed by atoms with Gasteiger partial charge < -0.3 is 22.4 Å². The largest absolute Gasteiger partial charge is 0.994 e. The number of hydrogen-bond donors (Lipinski definition) is 0. The molecule has 0 aromatic heterocycles. The standard InChI is InChI=1S/C15H11BF2O3/c1-9-12-8-19-13-7-6-10-4-2-3-5-11(10)14(13)15(12)21-16(17,18)20-9/h2-7H,8H2,1H3. The summed E-state index contributed by atoms with van der Waals surface area (Å²) < 4.78 is 42.4. The van der Waals surface area contributed by atoms with Crippen LogP contribution in [0.1, 0.15) is 16.8 Å². The van der Waals surface area contributed by atoms with Crippen molar-refractivity contribution >= 4 is 23.7 Å². The maximum Gasteiger partial charge on any atom is 0.994 e. The Bertz CT molecular complexity index is 827. The van der Waals surface area contributed by atoms with Crippen molar-refractivity contribution in [1.82, 2.24) is 0 Å². The minimum Gasteiger partial charge on any atom is -0.572 e. The fourth-order valence-electron chi connectivity index (χ4n) is 2.80. The summed E-state index contributed by atoms with van der Waals surface area (Å²) in [6.45, 7) is 1.67. The first-order chi connectivity index (χ1) is 10.1. The second-order valence-corrected chi connectivity index (χ2v) is 5.08. The summed E-state index contributed by atoms with van der Waals surface area (Å²) in [6, 6.07) is 11.2. The van der Waals surface area contributed by atoms with Gasteiger partial charge in [-0.25, -0.2) is 0 Å². The van der Waals surface area contributed by atoms with E-state index in [1.807, 2.05) is 30.3 Å². The average Bonchev–Trinajstić information content (AvgIpc) is 2.45. The molecule has 0 unspecified atom stereocenters. The Morgan fingerprint density at radius 1 is 1.14 bits per heavy atom. The van der Waals surface area contributed by atoms with Crippen molar-refractivity contribution in [1.29, 1.82) is 0 Å². The Hall–Kier alpha value is -2.37. The number of halogens is 2. The summed E-state index contributed by atoms with van der Waals surface area (Å²) in [5.74, 6) is 0.871. The third-order valence-corrected chi connectivity index (χ3v) is 3.76.